The van der Waals surface area contributed by atoms with Crippen LogP contribution >= 0.6 is 0 Å². The van der Waals surface area contributed by atoms with Crippen molar-refractivity contribution in [1.82, 2.24) is 0 Å². The van der Waals surface area contributed by atoms with Crippen LogP contribution in [0.1, 0.15) is 115 Å². The Hall–Kier alpha value is -2.04. The van der Waals surface area contributed by atoms with Gasteiger partial charge < -0.3 is 16.6 Å². The van der Waals surface area contributed by atoms with Gasteiger partial charge in [-0.1, -0.05) is 121 Å². The van der Waals surface area contributed by atoms with Crippen molar-refractivity contribution in [1.29, 1.82) is 0 Å². The van der Waals surface area contributed by atoms with Gasteiger partial charge in [-0.25, -0.2) is 4.99 Å². The third kappa shape index (κ3) is 14.1. The summed E-state index contributed by atoms with van der Waals surface area (Å²) in [6.07, 6.45) is 20.9. The normalized spacial score (nSPS) is 11.9. The molecule has 1 aromatic carbocycles. The second-order valence-corrected chi connectivity index (χ2v) is 9.14. The highest BCUT2D eigenvalue weighted by Gasteiger charge is 2.19. The Morgan fingerprint density at radius 1 is 0.812 bits per heavy atom. The maximum absolute atomic E-state index is 11.7. The average molecular weight is 446 g/mol. The molecular formula is C27H47N3O2. The number of carboxylic acid groups (broad SMARTS) is 1. The number of carbonyl (C=O) groups is 1. The second-order valence-electron chi connectivity index (χ2n) is 9.14. The predicted octanol–water partition coefficient (Wildman–Crippen LogP) is 7.10. The summed E-state index contributed by atoms with van der Waals surface area (Å²) in [5.74, 6) is -1.14. The minimum atomic E-state index is -0.741. The first kappa shape index (κ1) is 28.0. The van der Waals surface area contributed by atoms with Crippen molar-refractivity contribution in [2.75, 3.05) is 0 Å². The highest BCUT2D eigenvalue weighted by atomic mass is 16.4. The van der Waals surface area contributed by atoms with E-state index in [0.717, 1.165) is 18.4 Å². The van der Waals surface area contributed by atoms with Gasteiger partial charge in [0.05, 0.1) is 11.6 Å². The largest absolute Gasteiger partial charge is 0.481 e. The highest BCUT2D eigenvalue weighted by molar-refractivity contribution is 5.79. The fraction of sp³-hybridized carbons (Fsp3) is 0.704. The smallest absolute Gasteiger partial charge is 0.306 e. The average Bonchev–Trinajstić information content (AvgIpc) is 2.76. The predicted molar refractivity (Wildman–Crippen MR) is 136 cm³/mol. The van der Waals surface area contributed by atoms with E-state index in [4.69, 9.17) is 11.5 Å². The first-order chi connectivity index (χ1) is 15.5. The molecule has 1 rings (SSSR count). The van der Waals surface area contributed by atoms with Crippen LogP contribution in [0, 0.1) is 5.92 Å². The lowest BCUT2D eigenvalue weighted by molar-refractivity contribution is -0.142. The SMILES string of the molecule is CCCCCCCCCCCCCCCCCC(Cc1ccccc1N=C(N)N)C(=O)O. The molecule has 0 saturated heterocycles. The number of nitrogens with two attached hydrogens (primary N) is 2. The van der Waals surface area contributed by atoms with E-state index in [9.17, 15) is 9.90 Å². The number of hydrogen-bond acceptors (Lipinski definition) is 2. The van der Waals surface area contributed by atoms with Gasteiger partial charge in [0, 0.05) is 0 Å². The monoisotopic (exact) mass is 445 g/mol. The molecule has 32 heavy (non-hydrogen) atoms. The minimum absolute atomic E-state index is 0.00765. The molecule has 0 heterocycles. The first-order valence-electron chi connectivity index (χ1n) is 12.9. The van der Waals surface area contributed by atoms with Crippen LogP contribution in [0.3, 0.4) is 0 Å². The quantitative estimate of drug-likeness (QED) is 0.113. The van der Waals surface area contributed by atoms with Gasteiger partial charge in [0.2, 0.25) is 0 Å². The Labute approximate surface area is 196 Å². The van der Waals surface area contributed by atoms with Crippen molar-refractivity contribution in [3.05, 3.63) is 29.8 Å². The van der Waals surface area contributed by atoms with Gasteiger partial charge in [-0.05, 0) is 24.5 Å². The topological polar surface area (TPSA) is 102 Å². The van der Waals surface area contributed by atoms with Gasteiger partial charge in [-0.15, -0.1) is 0 Å². The third-order valence-corrected chi connectivity index (χ3v) is 6.21. The number of rotatable bonds is 20. The molecule has 5 heteroatoms. The molecule has 0 aromatic heterocycles. The number of carboxylic acids is 1. The van der Waals surface area contributed by atoms with Crippen LogP contribution in [0.25, 0.3) is 0 Å². The molecule has 0 aliphatic carbocycles. The molecule has 0 spiro atoms. The maximum Gasteiger partial charge on any atom is 0.306 e. The van der Waals surface area contributed by atoms with E-state index in [1.54, 1.807) is 0 Å². The van der Waals surface area contributed by atoms with Crippen LogP contribution in [-0.2, 0) is 11.2 Å². The number of nitrogens with zero attached hydrogens (tertiary/aromatic N) is 1. The number of unbranched alkanes of at least 4 members (excludes halogenated alkanes) is 14. The molecule has 1 unspecified atom stereocenters. The molecule has 5 nitrogen and oxygen atoms in total. The Morgan fingerprint density at radius 2 is 1.28 bits per heavy atom. The van der Waals surface area contributed by atoms with Gasteiger partial charge >= 0.3 is 5.97 Å². The van der Waals surface area contributed by atoms with Crippen molar-refractivity contribution in [3.63, 3.8) is 0 Å². The molecule has 0 amide bonds. The molecule has 1 atom stereocenters. The summed E-state index contributed by atoms with van der Waals surface area (Å²) in [6.45, 7) is 2.27. The summed E-state index contributed by atoms with van der Waals surface area (Å²) in [4.78, 5) is 15.9. The van der Waals surface area contributed by atoms with E-state index >= 15 is 0 Å². The van der Waals surface area contributed by atoms with Crippen molar-refractivity contribution >= 4 is 17.6 Å². The Morgan fingerprint density at radius 3 is 1.75 bits per heavy atom. The van der Waals surface area contributed by atoms with E-state index < -0.39 is 11.9 Å². The highest BCUT2D eigenvalue weighted by Crippen LogP contribution is 2.25. The van der Waals surface area contributed by atoms with Crippen LogP contribution in [0.4, 0.5) is 5.69 Å². The molecule has 0 fully saturated rings. The van der Waals surface area contributed by atoms with E-state index in [1.807, 2.05) is 24.3 Å². The van der Waals surface area contributed by atoms with E-state index in [1.165, 1.54) is 83.5 Å². The van der Waals surface area contributed by atoms with Crippen LogP contribution in [0.2, 0.25) is 0 Å². The summed E-state index contributed by atoms with van der Waals surface area (Å²) in [5, 5.41) is 9.64. The molecule has 0 aliphatic heterocycles. The van der Waals surface area contributed by atoms with E-state index in [-0.39, 0.29) is 5.96 Å². The van der Waals surface area contributed by atoms with Gasteiger partial charge in [-0.3, -0.25) is 4.79 Å². The van der Waals surface area contributed by atoms with Crippen molar-refractivity contribution < 1.29 is 9.90 Å². The molecular weight excluding hydrogens is 398 g/mol. The number of benzene rings is 1. The maximum atomic E-state index is 11.7. The van der Waals surface area contributed by atoms with Gasteiger partial charge in [0.15, 0.2) is 5.96 Å². The Bertz CT molecular complexity index is 642. The zero-order valence-corrected chi connectivity index (χ0v) is 20.4. The number of hydrogen-bond donors (Lipinski definition) is 3. The van der Waals surface area contributed by atoms with Gasteiger partial charge in [0.25, 0.3) is 0 Å². The molecule has 5 N–H and O–H groups in total. The summed E-state index contributed by atoms with van der Waals surface area (Å²) in [5.41, 5.74) is 12.5. The Kier molecular flexibility index (Phi) is 16.2. The standard InChI is InChI=1S/C27H47N3O2/c1-2-3-4-5-6-7-8-9-10-11-12-13-14-15-16-20-24(26(31)32)22-23-19-17-18-21-25(23)30-27(28)29/h17-19,21,24H,2-16,20,22H2,1H3,(H,31,32)(H4,28,29,30). The fourth-order valence-electron chi connectivity index (χ4n) is 4.27. The molecule has 182 valence electrons. The summed E-state index contributed by atoms with van der Waals surface area (Å²) >= 11 is 0. The third-order valence-electron chi connectivity index (χ3n) is 6.21. The van der Waals surface area contributed by atoms with E-state index in [0.29, 0.717) is 18.5 Å². The molecule has 1 aromatic rings. The number of para-hydroxylation sites is 1. The van der Waals surface area contributed by atoms with Crippen molar-refractivity contribution in [3.8, 4) is 0 Å². The summed E-state index contributed by atoms with van der Waals surface area (Å²) in [6, 6.07) is 7.48. The molecule has 0 radical (unpaired) electrons. The van der Waals surface area contributed by atoms with Crippen LogP contribution in [0.15, 0.2) is 29.3 Å². The number of guanidine groups is 1. The number of aliphatic carboxylic acids is 1. The fourth-order valence-corrected chi connectivity index (χ4v) is 4.27. The van der Waals surface area contributed by atoms with Crippen LogP contribution < -0.4 is 11.5 Å². The van der Waals surface area contributed by atoms with Crippen molar-refractivity contribution in [2.24, 2.45) is 22.4 Å². The lowest BCUT2D eigenvalue weighted by Crippen LogP contribution is -2.22. The van der Waals surface area contributed by atoms with Gasteiger partial charge in [0.1, 0.15) is 0 Å². The lowest BCUT2D eigenvalue weighted by Gasteiger charge is -2.14. The summed E-state index contributed by atoms with van der Waals surface area (Å²) < 4.78 is 0. The summed E-state index contributed by atoms with van der Waals surface area (Å²) in [7, 11) is 0. The van der Waals surface area contributed by atoms with Crippen LogP contribution in [-0.4, -0.2) is 17.0 Å². The second kappa shape index (κ2) is 18.5. The minimum Gasteiger partial charge on any atom is -0.481 e. The molecule has 0 aliphatic rings. The van der Waals surface area contributed by atoms with Crippen LogP contribution in [0.5, 0.6) is 0 Å². The molecule has 0 saturated carbocycles. The molecule has 0 bridgehead atoms. The Balaban J connectivity index is 2.11. The zero-order valence-electron chi connectivity index (χ0n) is 20.4. The number of aliphatic imine (C=N–C) groups is 1. The van der Waals surface area contributed by atoms with Gasteiger partial charge in [-0.2, -0.15) is 0 Å². The van der Waals surface area contributed by atoms with Crippen molar-refractivity contribution in [2.45, 2.75) is 116 Å². The van der Waals surface area contributed by atoms with E-state index in [2.05, 4.69) is 11.9 Å². The lowest BCUT2D eigenvalue weighted by atomic mass is 9.92. The zero-order chi connectivity index (χ0) is 23.4. The first-order valence-corrected chi connectivity index (χ1v) is 12.9.